The molecule has 0 saturated carbocycles. The summed E-state index contributed by atoms with van der Waals surface area (Å²) in [6.07, 6.45) is -4.70. The van der Waals surface area contributed by atoms with Gasteiger partial charge in [0.2, 0.25) is 11.9 Å². The second-order valence-electron chi connectivity index (χ2n) is 7.66. The Hall–Kier alpha value is -2.67. The number of aliphatic hydroxyl groups excluding tert-OH is 1. The molecule has 0 bridgehead atoms. The number of nitrogens with two attached hydrogens (primary N) is 1. The van der Waals surface area contributed by atoms with Crippen molar-refractivity contribution < 1.29 is 23.0 Å². The van der Waals surface area contributed by atoms with Gasteiger partial charge in [0.05, 0.1) is 29.2 Å². The molecule has 6 N–H and O–H groups in total. The molecule has 0 saturated heterocycles. The monoisotopic (exact) mass is 502 g/mol. The first kappa shape index (κ1) is 25.0. The van der Waals surface area contributed by atoms with Gasteiger partial charge < -0.3 is 20.9 Å². The molecule has 3 aromatic rings. The number of rotatable bonds is 8. The minimum absolute atomic E-state index is 0.00477. The van der Waals surface area contributed by atoms with Gasteiger partial charge in [-0.25, -0.2) is 5.10 Å². The first-order chi connectivity index (χ1) is 15.4. The summed E-state index contributed by atoms with van der Waals surface area (Å²) in [5.74, 6) is 0.470. The van der Waals surface area contributed by atoms with Crippen molar-refractivity contribution in [3.63, 3.8) is 0 Å². The van der Waals surface area contributed by atoms with Gasteiger partial charge in [-0.2, -0.15) is 18.2 Å². The summed E-state index contributed by atoms with van der Waals surface area (Å²) in [4.78, 5) is 4.35. The first-order valence-electron chi connectivity index (χ1n) is 9.52. The fourth-order valence-electron chi connectivity index (χ4n) is 2.79. The Bertz CT molecular complexity index is 1140. The van der Waals surface area contributed by atoms with Gasteiger partial charge in [-0.05, 0) is 55.6 Å². The number of anilines is 3. The van der Waals surface area contributed by atoms with Gasteiger partial charge in [0, 0.05) is 16.8 Å². The number of aromatic nitrogens is 3. The van der Waals surface area contributed by atoms with Crippen LogP contribution < -0.4 is 20.5 Å². The van der Waals surface area contributed by atoms with E-state index in [1.54, 1.807) is 26.0 Å². The third kappa shape index (κ3) is 6.02. The number of benzene rings is 2. The maximum Gasteiger partial charge on any atom is 0.417 e. The van der Waals surface area contributed by atoms with Crippen molar-refractivity contribution in [2.24, 2.45) is 0 Å². The number of nitrogen functional groups attached to an aromatic ring is 1. The lowest BCUT2D eigenvalue weighted by Crippen LogP contribution is -2.38. The van der Waals surface area contributed by atoms with Crippen LogP contribution in [0.1, 0.15) is 19.4 Å². The maximum absolute atomic E-state index is 14.0. The molecule has 0 atom stereocenters. The molecule has 0 amide bonds. The van der Waals surface area contributed by atoms with E-state index in [2.05, 4.69) is 25.2 Å². The van der Waals surface area contributed by atoms with E-state index in [1.807, 2.05) is 0 Å². The Morgan fingerprint density at radius 2 is 1.97 bits per heavy atom. The highest BCUT2D eigenvalue weighted by Gasteiger charge is 2.35. The van der Waals surface area contributed by atoms with Crippen molar-refractivity contribution in [2.75, 3.05) is 24.8 Å². The number of H-pyrrole nitrogens is 1. The smallest absolute Gasteiger partial charge is 0.417 e. The first-order valence-corrected chi connectivity index (χ1v) is 10.7. The Morgan fingerprint density at radius 3 is 2.55 bits per heavy atom. The molecule has 2 aromatic carbocycles. The molecule has 0 aliphatic heterocycles. The lowest BCUT2D eigenvalue weighted by molar-refractivity contribution is -0.137. The fourth-order valence-corrected chi connectivity index (χ4v) is 4.01. The summed E-state index contributed by atoms with van der Waals surface area (Å²) in [7, 11) is 1.46. The van der Waals surface area contributed by atoms with E-state index in [1.165, 1.54) is 19.2 Å². The van der Waals surface area contributed by atoms with Crippen molar-refractivity contribution in [1.29, 1.82) is 0 Å². The number of hydrogen-bond acceptors (Lipinski definition) is 8. The number of alkyl halides is 3. The molecule has 8 nitrogen and oxygen atoms in total. The third-order valence-corrected chi connectivity index (χ3v) is 5.93. The summed E-state index contributed by atoms with van der Waals surface area (Å²) in [5, 5.41) is 18.1. The molecule has 1 heterocycles. The molecule has 0 radical (unpaired) electrons. The van der Waals surface area contributed by atoms with Crippen LogP contribution in [0.5, 0.6) is 5.75 Å². The van der Waals surface area contributed by atoms with Gasteiger partial charge >= 0.3 is 6.18 Å². The minimum atomic E-state index is -4.70. The van der Waals surface area contributed by atoms with Crippen molar-refractivity contribution in [3.8, 4) is 16.9 Å². The number of hydrogen-bond donors (Lipinski definition) is 5. The normalized spacial score (nSPS) is 12.1. The van der Waals surface area contributed by atoms with Gasteiger partial charge in [0.15, 0.2) is 0 Å². The molecular weight excluding hydrogens is 481 g/mol. The number of halogens is 4. The highest BCUT2D eigenvalue weighted by molar-refractivity contribution is 7.97. The largest absolute Gasteiger partial charge is 0.496 e. The van der Waals surface area contributed by atoms with E-state index in [4.69, 9.17) is 22.1 Å². The third-order valence-electron chi connectivity index (χ3n) is 4.44. The molecule has 0 spiro atoms. The fraction of sp³-hybridized carbons (Fsp3) is 0.300. The summed E-state index contributed by atoms with van der Waals surface area (Å²) in [6.45, 7) is 3.42. The van der Waals surface area contributed by atoms with Gasteiger partial charge in [-0.15, -0.1) is 5.10 Å². The predicted molar refractivity (Wildman–Crippen MR) is 123 cm³/mol. The number of nitrogens with zero attached hydrogens (tertiary/aromatic N) is 2. The van der Waals surface area contributed by atoms with Crippen molar-refractivity contribution >= 4 is 41.1 Å². The number of methoxy groups -OCH3 is 1. The average Bonchev–Trinajstić information content (AvgIpc) is 3.15. The Morgan fingerprint density at radius 1 is 1.24 bits per heavy atom. The van der Waals surface area contributed by atoms with E-state index in [0.29, 0.717) is 10.6 Å². The highest BCUT2D eigenvalue weighted by Crippen LogP contribution is 2.44. The summed E-state index contributed by atoms with van der Waals surface area (Å²) in [5.41, 5.74) is 3.99. The van der Waals surface area contributed by atoms with E-state index in [9.17, 15) is 18.3 Å². The van der Waals surface area contributed by atoms with Crippen LogP contribution in [-0.2, 0) is 6.18 Å². The summed E-state index contributed by atoms with van der Waals surface area (Å²) < 4.78 is 50.5. The SMILES string of the molecule is COc1ccc(-c2c(Cl)cc(Nc3n[nH]c(N)n3)cc2C(F)(F)F)cc1SNC(C)(C)CO. The highest BCUT2D eigenvalue weighted by atomic mass is 35.5. The zero-order valence-corrected chi connectivity index (χ0v) is 19.4. The van der Waals surface area contributed by atoms with Crippen LogP contribution in [-0.4, -0.2) is 39.5 Å². The predicted octanol–water partition coefficient (Wildman–Crippen LogP) is 4.85. The minimum Gasteiger partial charge on any atom is -0.496 e. The van der Waals surface area contributed by atoms with Gasteiger partial charge in [-0.1, -0.05) is 17.7 Å². The average molecular weight is 503 g/mol. The lowest BCUT2D eigenvalue weighted by atomic mass is 9.98. The molecule has 0 aliphatic rings. The topological polar surface area (TPSA) is 121 Å². The van der Waals surface area contributed by atoms with Crippen molar-refractivity contribution in [1.82, 2.24) is 19.9 Å². The van der Waals surface area contributed by atoms with Crippen molar-refractivity contribution in [2.45, 2.75) is 30.5 Å². The number of aliphatic hydroxyl groups is 1. The van der Waals surface area contributed by atoms with Crippen LogP contribution in [0.4, 0.5) is 30.8 Å². The van der Waals surface area contributed by atoms with Gasteiger partial charge in [0.25, 0.3) is 0 Å². The Balaban J connectivity index is 2.06. The van der Waals surface area contributed by atoms with Crippen molar-refractivity contribution in [3.05, 3.63) is 40.9 Å². The van der Waals surface area contributed by atoms with Crippen LogP contribution in [0.15, 0.2) is 35.2 Å². The second kappa shape index (κ2) is 9.67. The molecule has 0 aliphatic carbocycles. The zero-order valence-electron chi connectivity index (χ0n) is 17.8. The van der Waals surface area contributed by atoms with Crippen LogP contribution in [0, 0.1) is 0 Å². The lowest BCUT2D eigenvalue weighted by Gasteiger charge is -2.23. The van der Waals surface area contributed by atoms with E-state index in [0.717, 1.165) is 18.0 Å². The van der Waals surface area contributed by atoms with Crippen LogP contribution in [0.2, 0.25) is 5.02 Å². The standard InChI is InChI=1S/C20H22ClF3N6O2S/c1-19(2,9-31)30-33-15-6-10(4-5-14(15)32-3)16-12(20(22,23)24)7-11(8-13(16)21)26-18-27-17(25)28-29-18/h4-8,30-31H,9H2,1-3H3,(H4,25,26,27,28,29). The number of aromatic amines is 1. The molecule has 13 heteroatoms. The van der Waals surface area contributed by atoms with Crippen LogP contribution in [0.3, 0.4) is 0 Å². The molecule has 0 fully saturated rings. The van der Waals surface area contributed by atoms with Crippen LogP contribution >= 0.6 is 23.5 Å². The molecule has 0 unspecified atom stereocenters. The second-order valence-corrected chi connectivity index (χ2v) is 8.91. The van der Waals surface area contributed by atoms with Crippen LogP contribution in [0.25, 0.3) is 11.1 Å². The Kier molecular flexibility index (Phi) is 7.32. The molecule has 3 rings (SSSR count). The summed E-state index contributed by atoms with van der Waals surface area (Å²) in [6, 6.07) is 6.88. The summed E-state index contributed by atoms with van der Waals surface area (Å²) >= 11 is 7.48. The van der Waals surface area contributed by atoms with E-state index in [-0.39, 0.29) is 40.3 Å². The van der Waals surface area contributed by atoms with E-state index >= 15 is 0 Å². The molecule has 1 aromatic heterocycles. The van der Waals surface area contributed by atoms with E-state index < -0.39 is 17.3 Å². The number of nitrogens with one attached hydrogen (secondary N) is 3. The molecule has 33 heavy (non-hydrogen) atoms. The maximum atomic E-state index is 14.0. The van der Waals surface area contributed by atoms with Gasteiger partial charge in [0.1, 0.15) is 5.75 Å². The molecule has 178 valence electrons. The van der Waals surface area contributed by atoms with Gasteiger partial charge in [-0.3, -0.25) is 4.72 Å². The zero-order chi connectivity index (χ0) is 24.4. The quantitative estimate of drug-likeness (QED) is 0.277. The Labute approximate surface area is 197 Å². The number of ether oxygens (including phenoxy) is 1. The molecular formula is C20H22ClF3N6O2S.